The second kappa shape index (κ2) is 6.57. The van der Waals surface area contributed by atoms with Crippen LogP contribution >= 0.6 is 11.3 Å². The van der Waals surface area contributed by atoms with Gasteiger partial charge in [-0.25, -0.2) is 0 Å². The van der Waals surface area contributed by atoms with Gasteiger partial charge >= 0.3 is 0 Å². The molecule has 0 radical (unpaired) electrons. The Balaban J connectivity index is 2.54. The van der Waals surface area contributed by atoms with Crippen molar-refractivity contribution in [3.63, 3.8) is 0 Å². The van der Waals surface area contributed by atoms with Crippen molar-refractivity contribution in [1.29, 1.82) is 5.26 Å². The summed E-state index contributed by atoms with van der Waals surface area (Å²) in [5.41, 5.74) is 0. The number of nitriles is 1. The molecule has 1 heterocycles. The third-order valence-corrected chi connectivity index (χ3v) is 3.27. The normalized spacial score (nSPS) is 12.3. The summed E-state index contributed by atoms with van der Waals surface area (Å²) in [5, 5.41) is 17.5. The topological polar surface area (TPSA) is 53.2 Å². The summed E-state index contributed by atoms with van der Waals surface area (Å²) in [6, 6.07) is 6.09. The molecule has 4 heteroatoms. The molecule has 0 amide bonds. The van der Waals surface area contributed by atoms with Gasteiger partial charge in [-0.15, -0.1) is 11.3 Å². The highest BCUT2D eigenvalue weighted by molar-refractivity contribution is 7.12. The van der Waals surface area contributed by atoms with E-state index in [1.165, 1.54) is 4.88 Å². The molecule has 1 atom stereocenters. The molecule has 1 aromatic heterocycles. The fourth-order valence-corrected chi connectivity index (χ4v) is 2.12. The molecule has 0 aliphatic carbocycles. The average molecular weight is 225 g/mol. The summed E-state index contributed by atoms with van der Waals surface area (Å²) in [5.74, 6) is 0. The second-order valence-electron chi connectivity index (χ2n) is 3.11. The summed E-state index contributed by atoms with van der Waals surface area (Å²) in [6.07, 6.45) is 1.07. The van der Waals surface area contributed by atoms with E-state index in [0.29, 0.717) is 13.0 Å². The first-order chi connectivity index (χ1) is 7.31. The highest BCUT2D eigenvalue weighted by atomic mass is 32.1. The molecule has 0 saturated heterocycles. The van der Waals surface area contributed by atoms with Crippen molar-refractivity contribution in [3.05, 3.63) is 21.9 Å². The molecule has 1 rings (SSSR count). The minimum atomic E-state index is -0.484. The van der Waals surface area contributed by atoms with Crippen LogP contribution in [-0.2, 0) is 11.2 Å². The molecule has 3 nitrogen and oxygen atoms in total. The lowest BCUT2D eigenvalue weighted by Crippen LogP contribution is -2.03. The molecule has 1 unspecified atom stereocenters. The van der Waals surface area contributed by atoms with Gasteiger partial charge in [-0.2, -0.15) is 5.26 Å². The number of thiophene rings is 1. The molecule has 0 aromatic carbocycles. The smallest absolute Gasteiger partial charge is 0.178 e. The van der Waals surface area contributed by atoms with Crippen LogP contribution in [0.5, 0.6) is 0 Å². The first kappa shape index (κ1) is 12.2. The Labute approximate surface area is 93.9 Å². The van der Waals surface area contributed by atoms with E-state index >= 15 is 0 Å². The molecule has 1 aromatic rings. The molecule has 82 valence electrons. The molecule has 1 N–H and O–H groups in total. The van der Waals surface area contributed by atoms with E-state index in [0.717, 1.165) is 11.3 Å². The van der Waals surface area contributed by atoms with Crippen LogP contribution in [0.4, 0.5) is 0 Å². The molecular formula is C11H15NO2S. The van der Waals surface area contributed by atoms with E-state index in [2.05, 4.69) is 13.0 Å². The number of aliphatic hydroxyl groups is 1. The highest BCUT2D eigenvalue weighted by Crippen LogP contribution is 2.25. The van der Waals surface area contributed by atoms with Crippen molar-refractivity contribution >= 4 is 11.3 Å². The van der Waals surface area contributed by atoms with Gasteiger partial charge in [0.2, 0.25) is 0 Å². The maximum atomic E-state index is 8.93. The number of rotatable bonds is 6. The predicted octanol–water partition coefficient (Wildman–Crippen LogP) is 2.27. The second-order valence-corrected chi connectivity index (χ2v) is 4.31. The fourth-order valence-electron chi connectivity index (χ4n) is 1.17. The lowest BCUT2D eigenvalue weighted by atomic mass is 10.3. The summed E-state index contributed by atoms with van der Waals surface area (Å²) in [7, 11) is 0. The lowest BCUT2D eigenvalue weighted by molar-refractivity contribution is 0.0794. The Hall–Kier alpha value is -0.890. The van der Waals surface area contributed by atoms with E-state index in [1.807, 2.05) is 12.1 Å². The molecule has 0 saturated carbocycles. The van der Waals surface area contributed by atoms with Gasteiger partial charge in [0.05, 0.1) is 6.61 Å². The van der Waals surface area contributed by atoms with Gasteiger partial charge in [0.25, 0.3) is 0 Å². The van der Waals surface area contributed by atoms with Crippen LogP contribution < -0.4 is 0 Å². The van der Waals surface area contributed by atoms with E-state index in [9.17, 15) is 0 Å². The Kier molecular flexibility index (Phi) is 5.33. The molecular weight excluding hydrogens is 210 g/mol. The Bertz CT molecular complexity index is 330. The number of hydrogen-bond acceptors (Lipinski definition) is 4. The SMILES string of the molecule is CCc1ccc(C(C#N)OCCCO)s1. The van der Waals surface area contributed by atoms with Crippen LogP contribution in [0.2, 0.25) is 0 Å². The number of ether oxygens (including phenoxy) is 1. The number of aryl methyl sites for hydroxylation is 1. The molecule has 0 aliphatic rings. The zero-order chi connectivity index (χ0) is 11.1. The molecule has 0 aliphatic heterocycles. The van der Waals surface area contributed by atoms with Gasteiger partial charge in [-0.05, 0) is 25.0 Å². The minimum absolute atomic E-state index is 0.1000. The molecule has 15 heavy (non-hydrogen) atoms. The third-order valence-electron chi connectivity index (χ3n) is 1.99. The van der Waals surface area contributed by atoms with Crippen molar-refractivity contribution in [2.24, 2.45) is 0 Å². The van der Waals surface area contributed by atoms with Crippen LogP contribution in [0.15, 0.2) is 12.1 Å². The summed E-state index contributed by atoms with van der Waals surface area (Å²) < 4.78 is 5.36. The van der Waals surface area contributed by atoms with Crippen LogP contribution in [-0.4, -0.2) is 18.3 Å². The first-order valence-corrected chi connectivity index (χ1v) is 5.84. The first-order valence-electron chi connectivity index (χ1n) is 5.02. The maximum absolute atomic E-state index is 8.93. The lowest BCUT2D eigenvalue weighted by Gasteiger charge is -2.07. The summed E-state index contributed by atoms with van der Waals surface area (Å²) in [6.45, 7) is 2.61. The summed E-state index contributed by atoms with van der Waals surface area (Å²) in [4.78, 5) is 2.21. The van der Waals surface area contributed by atoms with Crippen molar-refractivity contribution in [3.8, 4) is 6.07 Å². The standard InChI is InChI=1S/C11H15NO2S/c1-2-9-4-5-11(15-9)10(8-12)14-7-3-6-13/h4-5,10,13H,2-3,6-7H2,1H3. The van der Waals surface area contributed by atoms with E-state index in [1.54, 1.807) is 11.3 Å². The zero-order valence-corrected chi connectivity index (χ0v) is 9.59. The van der Waals surface area contributed by atoms with Gasteiger partial charge in [0.15, 0.2) is 6.10 Å². The fraction of sp³-hybridized carbons (Fsp3) is 0.545. The monoisotopic (exact) mass is 225 g/mol. The highest BCUT2D eigenvalue weighted by Gasteiger charge is 2.12. The number of aliphatic hydroxyl groups excluding tert-OH is 1. The van der Waals surface area contributed by atoms with Crippen LogP contribution in [0.3, 0.4) is 0 Å². The van der Waals surface area contributed by atoms with E-state index in [4.69, 9.17) is 15.1 Å². The van der Waals surface area contributed by atoms with Crippen molar-refractivity contribution in [1.82, 2.24) is 0 Å². The number of hydrogen-bond donors (Lipinski definition) is 1. The summed E-state index contributed by atoms with van der Waals surface area (Å²) >= 11 is 1.61. The third kappa shape index (κ3) is 3.63. The van der Waals surface area contributed by atoms with Gasteiger partial charge in [-0.1, -0.05) is 6.92 Å². The Morgan fingerprint density at radius 3 is 2.93 bits per heavy atom. The Morgan fingerprint density at radius 2 is 2.40 bits per heavy atom. The van der Waals surface area contributed by atoms with Crippen molar-refractivity contribution < 1.29 is 9.84 Å². The van der Waals surface area contributed by atoms with Crippen LogP contribution in [0, 0.1) is 11.3 Å². The van der Waals surface area contributed by atoms with Crippen LogP contribution in [0.1, 0.15) is 29.2 Å². The van der Waals surface area contributed by atoms with E-state index in [-0.39, 0.29) is 6.61 Å². The van der Waals surface area contributed by atoms with Crippen molar-refractivity contribution in [2.45, 2.75) is 25.9 Å². The van der Waals surface area contributed by atoms with Crippen LogP contribution in [0.25, 0.3) is 0 Å². The maximum Gasteiger partial charge on any atom is 0.178 e. The van der Waals surface area contributed by atoms with Crippen molar-refractivity contribution in [2.75, 3.05) is 13.2 Å². The van der Waals surface area contributed by atoms with E-state index < -0.39 is 6.10 Å². The molecule has 0 fully saturated rings. The minimum Gasteiger partial charge on any atom is -0.396 e. The largest absolute Gasteiger partial charge is 0.396 e. The Morgan fingerprint density at radius 1 is 1.60 bits per heavy atom. The van der Waals surface area contributed by atoms with Gasteiger partial charge in [0, 0.05) is 16.4 Å². The predicted molar refractivity (Wildman–Crippen MR) is 59.7 cm³/mol. The molecule has 0 bridgehead atoms. The van der Waals surface area contributed by atoms with Gasteiger partial charge < -0.3 is 9.84 Å². The quantitative estimate of drug-likeness (QED) is 0.756. The van der Waals surface area contributed by atoms with Gasteiger partial charge in [-0.3, -0.25) is 0 Å². The van der Waals surface area contributed by atoms with Gasteiger partial charge in [0.1, 0.15) is 6.07 Å². The molecule has 0 spiro atoms. The number of nitrogens with zero attached hydrogens (tertiary/aromatic N) is 1. The zero-order valence-electron chi connectivity index (χ0n) is 8.77. The average Bonchev–Trinajstić information content (AvgIpc) is 2.73.